The molecule has 0 unspecified atom stereocenters. The fraction of sp³-hybridized carbons (Fsp3) is 0.357. The first-order chi connectivity index (χ1) is 7.77. The Balaban J connectivity index is 2.43. The summed E-state index contributed by atoms with van der Waals surface area (Å²) in [4.78, 5) is 11.6. The molecule has 1 aromatic rings. The van der Waals surface area contributed by atoms with Gasteiger partial charge in [-0.3, -0.25) is 0 Å². The van der Waals surface area contributed by atoms with Gasteiger partial charge in [0.2, 0.25) is 0 Å². The average Bonchev–Trinajstić information content (AvgIpc) is 2.34. The van der Waals surface area contributed by atoms with Gasteiger partial charge in [-0.1, -0.05) is 44.6 Å². The van der Waals surface area contributed by atoms with E-state index in [1.165, 1.54) is 0 Å². The monoisotopic (exact) mass is 218 g/mol. The van der Waals surface area contributed by atoms with Crippen molar-refractivity contribution in [2.24, 2.45) is 0 Å². The molecule has 0 spiro atoms. The zero-order valence-electron chi connectivity index (χ0n) is 9.74. The molecule has 2 heteroatoms. The van der Waals surface area contributed by atoms with Gasteiger partial charge >= 0.3 is 5.97 Å². The topological polar surface area (TPSA) is 26.3 Å². The van der Waals surface area contributed by atoms with Gasteiger partial charge in [0.05, 0.1) is 12.2 Å². The van der Waals surface area contributed by atoms with Crippen molar-refractivity contribution in [3.05, 3.63) is 42.0 Å². The lowest BCUT2D eigenvalue weighted by Crippen LogP contribution is -2.06. The third kappa shape index (κ3) is 3.89. The molecular formula is C14H18O2. The van der Waals surface area contributed by atoms with Crippen LogP contribution in [0.2, 0.25) is 0 Å². The van der Waals surface area contributed by atoms with Crippen LogP contribution in [0.4, 0.5) is 0 Å². The second kappa shape index (κ2) is 6.83. The number of hydrogen-bond donors (Lipinski definition) is 0. The lowest BCUT2D eigenvalue weighted by atomic mass is 10.1. The van der Waals surface area contributed by atoms with Crippen molar-refractivity contribution in [3.63, 3.8) is 0 Å². The highest BCUT2D eigenvalue weighted by Gasteiger charge is 2.05. The first-order valence-electron chi connectivity index (χ1n) is 5.67. The fourth-order valence-corrected chi connectivity index (χ4v) is 1.36. The number of hydrogen-bond acceptors (Lipinski definition) is 2. The van der Waals surface area contributed by atoms with E-state index in [1.54, 1.807) is 18.2 Å². The second-order valence-electron chi connectivity index (χ2n) is 3.67. The smallest absolute Gasteiger partial charge is 0.338 e. The molecule has 0 heterocycles. The van der Waals surface area contributed by atoms with E-state index in [0.29, 0.717) is 12.2 Å². The van der Waals surface area contributed by atoms with Gasteiger partial charge in [0, 0.05) is 0 Å². The van der Waals surface area contributed by atoms with E-state index in [1.807, 2.05) is 12.1 Å². The van der Waals surface area contributed by atoms with E-state index in [-0.39, 0.29) is 5.97 Å². The minimum Gasteiger partial charge on any atom is -0.462 e. The molecule has 1 rings (SSSR count). The minimum absolute atomic E-state index is 0.244. The number of benzene rings is 1. The summed E-state index contributed by atoms with van der Waals surface area (Å²) in [6.45, 7) is 6.29. The summed E-state index contributed by atoms with van der Waals surface area (Å²) in [6.07, 6.45) is 4.91. The molecule has 0 bridgehead atoms. The Morgan fingerprint density at radius 3 is 2.56 bits per heavy atom. The normalized spacial score (nSPS) is 9.81. The van der Waals surface area contributed by atoms with Crippen molar-refractivity contribution >= 4 is 12.0 Å². The molecule has 0 atom stereocenters. The van der Waals surface area contributed by atoms with Gasteiger partial charge in [-0.25, -0.2) is 4.79 Å². The predicted molar refractivity (Wildman–Crippen MR) is 66.3 cm³/mol. The number of esters is 1. The largest absolute Gasteiger partial charge is 0.462 e. The van der Waals surface area contributed by atoms with Crippen molar-refractivity contribution in [1.82, 2.24) is 0 Å². The summed E-state index contributed by atoms with van der Waals surface area (Å²) in [7, 11) is 0. The van der Waals surface area contributed by atoms with Gasteiger partial charge in [-0.15, -0.1) is 0 Å². The Bertz CT molecular complexity index is 338. The summed E-state index contributed by atoms with van der Waals surface area (Å²) < 4.78 is 5.14. The first-order valence-corrected chi connectivity index (χ1v) is 5.67. The molecule has 86 valence electrons. The van der Waals surface area contributed by atoms with Gasteiger partial charge in [0.15, 0.2) is 0 Å². The molecule has 0 saturated heterocycles. The molecule has 0 radical (unpaired) electrons. The maximum atomic E-state index is 11.6. The Kier molecular flexibility index (Phi) is 5.34. The van der Waals surface area contributed by atoms with E-state index >= 15 is 0 Å². The zero-order valence-corrected chi connectivity index (χ0v) is 9.74. The molecule has 0 fully saturated rings. The number of rotatable bonds is 6. The van der Waals surface area contributed by atoms with Crippen LogP contribution in [-0.2, 0) is 4.74 Å². The van der Waals surface area contributed by atoms with Crippen molar-refractivity contribution < 1.29 is 9.53 Å². The third-order valence-electron chi connectivity index (χ3n) is 2.36. The van der Waals surface area contributed by atoms with E-state index in [0.717, 1.165) is 24.8 Å². The number of ether oxygens (including phenoxy) is 1. The van der Waals surface area contributed by atoms with Crippen LogP contribution in [0.5, 0.6) is 0 Å². The van der Waals surface area contributed by atoms with Crippen LogP contribution >= 0.6 is 0 Å². The van der Waals surface area contributed by atoms with E-state index in [4.69, 9.17) is 4.74 Å². The van der Waals surface area contributed by atoms with Gasteiger partial charge < -0.3 is 4.74 Å². The van der Waals surface area contributed by atoms with Gasteiger partial charge in [-0.05, 0) is 24.1 Å². The maximum Gasteiger partial charge on any atom is 0.338 e. The molecule has 0 aliphatic rings. The summed E-state index contributed by atoms with van der Waals surface area (Å²) in [6, 6.07) is 7.24. The standard InChI is InChI=1S/C14H18O2/c1-3-5-6-11-16-14(15)13-9-7-12(4-2)8-10-13/h4,7-10H,2-3,5-6,11H2,1H3. The lowest BCUT2D eigenvalue weighted by Gasteiger charge is -2.04. The summed E-state index contributed by atoms with van der Waals surface area (Å²) >= 11 is 0. The maximum absolute atomic E-state index is 11.6. The Hall–Kier alpha value is -1.57. The van der Waals surface area contributed by atoms with Crippen molar-refractivity contribution in [3.8, 4) is 0 Å². The van der Waals surface area contributed by atoms with E-state index < -0.39 is 0 Å². The SMILES string of the molecule is C=Cc1ccc(C(=O)OCCCCC)cc1. The van der Waals surface area contributed by atoms with Crippen LogP contribution in [-0.4, -0.2) is 12.6 Å². The molecule has 1 aromatic carbocycles. The Morgan fingerprint density at radius 1 is 1.31 bits per heavy atom. The van der Waals surface area contributed by atoms with Gasteiger partial charge in [0.25, 0.3) is 0 Å². The first kappa shape index (κ1) is 12.5. The molecule has 16 heavy (non-hydrogen) atoms. The second-order valence-corrected chi connectivity index (χ2v) is 3.67. The average molecular weight is 218 g/mol. The molecule has 0 saturated carbocycles. The van der Waals surface area contributed by atoms with E-state index in [9.17, 15) is 4.79 Å². The van der Waals surface area contributed by atoms with Gasteiger partial charge in [0.1, 0.15) is 0 Å². The summed E-state index contributed by atoms with van der Waals surface area (Å²) in [5.74, 6) is -0.244. The highest BCUT2D eigenvalue weighted by atomic mass is 16.5. The third-order valence-corrected chi connectivity index (χ3v) is 2.36. The Morgan fingerprint density at radius 2 is 2.00 bits per heavy atom. The summed E-state index contributed by atoms with van der Waals surface area (Å²) in [5, 5.41) is 0. The minimum atomic E-state index is -0.244. The molecular weight excluding hydrogens is 200 g/mol. The molecule has 2 nitrogen and oxygen atoms in total. The van der Waals surface area contributed by atoms with Crippen molar-refractivity contribution in [2.75, 3.05) is 6.61 Å². The Labute approximate surface area is 96.9 Å². The molecule has 0 N–H and O–H groups in total. The van der Waals surface area contributed by atoms with Crippen LogP contribution in [0.1, 0.15) is 42.1 Å². The molecule has 0 aromatic heterocycles. The van der Waals surface area contributed by atoms with Crippen LogP contribution in [0, 0.1) is 0 Å². The lowest BCUT2D eigenvalue weighted by molar-refractivity contribution is 0.0498. The highest BCUT2D eigenvalue weighted by molar-refractivity contribution is 5.89. The molecule has 0 aliphatic carbocycles. The number of unbranched alkanes of at least 4 members (excludes halogenated alkanes) is 2. The highest BCUT2D eigenvalue weighted by Crippen LogP contribution is 2.07. The number of carbonyl (C=O) groups excluding carboxylic acids is 1. The quantitative estimate of drug-likeness (QED) is 0.538. The fourth-order valence-electron chi connectivity index (χ4n) is 1.36. The van der Waals surface area contributed by atoms with Crippen molar-refractivity contribution in [1.29, 1.82) is 0 Å². The van der Waals surface area contributed by atoms with Crippen LogP contribution in [0.3, 0.4) is 0 Å². The number of carbonyl (C=O) groups is 1. The van der Waals surface area contributed by atoms with Crippen LogP contribution in [0.15, 0.2) is 30.8 Å². The summed E-state index contributed by atoms with van der Waals surface area (Å²) in [5.41, 5.74) is 1.60. The molecule has 0 aliphatic heterocycles. The predicted octanol–water partition coefficient (Wildman–Crippen LogP) is 3.68. The van der Waals surface area contributed by atoms with Crippen LogP contribution < -0.4 is 0 Å². The van der Waals surface area contributed by atoms with Gasteiger partial charge in [-0.2, -0.15) is 0 Å². The van der Waals surface area contributed by atoms with Crippen molar-refractivity contribution in [2.45, 2.75) is 26.2 Å². The molecule has 0 amide bonds. The van der Waals surface area contributed by atoms with Crippen LogP contribution in [0.25, 0.3) is 6.08 Å². The zero-order chi connectivity index (χ0) is 11.8. The van der Waals surface area contributed by atoms with E-state index in [2.05, 4.69) is 13.5 Å².